The molecule has 1 saturated heterocycles. The molecule has 4 heterocycles. The Kier molecular flexibility index (Phi) is 5.39. The van der Waals surface area contributed by atoms with Crippen LogP contribution in [0.4, 0.5) is 0 Å². The molecular formula is C19H21N3O2S3. The van der Waals surface area contributed by atoms with Gasteiger partial charge in [0, 0.05) is 28.9 Å². The lowest BCUT2D eigenvalue weighted by atomic mass is 9.92. The monoisotopic (exact) mass is 419 g/mol. The molecule has 2 atom stereocenters. The molecule has 3 aromatic rings. The first kappa shape index (κ1) is 18.7. The summed E-state index contributed by atoms with van der Waals surface area (Å²) in [5, 5.41) is 5.13. The zero-order valence-electron chi connectivity index (χ0n) is 15.2. The van der Waals surface area contributed by atoms with Crippen LogP contribution in [0.3, 0.4) is 0 Å². The number of aromatic amines is 1. The number of nitrogens with one attached hydrogen (secondary N) is 1. The van der Waals surface area contributed by atoms with Crippen LogP contribution in [0.25, 0.3) is 20.7 Å². The quantitative estimate of drug-likeness (QED) is 0.505. The summed E-state index contributed by atoms with van der Waals surface area (Å²) in [6, 6.07) is 3.98. The van der Waals surface area contributed by atoms with E-state index < -0.39 is 0 Å². The van der Waals surface area contributed by atoms with Crippen LogP contribution in [0.15, 0.2) is 32.8 Å². The van der Waals surface area contributed by atoms with Crippen LogP contribution >= 0.6 is 34.4 Å². The highest BCUT2D eigenvalue weighted by atomic mass is 32.2. The van der Waals surface area contributed by atoms with Crippen LogP contribution in [0.5, 0.6) is 0 Å². The van der Waals surface area contributed by atoms with Crippen LogP contribution in [0.1, 0.15) is 20.3 Å². The number of carbonyl (C=O) groups excluding carboxylic acids is 1. The van der Waals surface area contributed by atoms with Crippen molar-refractivity contribution < 1.29 is 4.79 Å². The van der Waals surface area contributed by atoms with E-state index in [1.165, 1.54) is 29.5 Å². The molecule has 0 spiro atoms. The lowest BCUT2D eigenvalue weighted by Gasteiger charge is -2.34. The molecule has 1 aliphatic rings. The number of amides is 1. The fourth-order valence-corrected chi connectivity index (χ4v) is 6.28. The Balaban J connectivity index is 1.50. The number of rotatable bonds is 4. The molecule has 142 valence electrons. The fourth-order valence-electron chi connectivity index (χ4n) is 3.70. The molecule has 8 heteroatoms. The number of thiophene rings is 2. The fraction of sp³-hybridized carbons (Fsp3) is 0.421. The molecule has 0 bridgehead atoms. The van der Waals surface area contributed by atoms with Gasteiger partial charge in [-0.05, 0) is 29.7 Å². The Morgan fingerprint density at radius 1 is 1.33 bits per heavy atom. The average Bonchev–Trinajstić information content (AvgIpc) is 3.28. The second-order valence-corrected chi connectivity index (χ2v) is 9.98. The van der Waals surface area contributed by atoms with Gasteiger partial charge in [0.15, 0.2) is 5.16 Å². The molecule has 3 aromatic heterocycles. The van der Waals surface area contributed by atoms with Gasteiger partial charge >= 0.3 is 0 Å². The van der Waals surface area contributed by atoms with Gasteiger partial charge < -0.3 is 9.88 Å². The van der Waals surface area contributed by atoms with Crippen molar-refractivity contribution in [3.05, 3.63) is 33.2 Å². The van der Waals surface area contributed by atoms with Crippen molar-refractivity contribution in [2.75, 3.05) is 18.8 Å². The van der Waals surface area contributed by atoms with Gasteiger partial charge in [0.1, 0.15) is 4.83 Å². The van der Waals surface area contributed by atoms with E-state index in [1.807, 2.05) is 27.8 Å². The summed E-state index contributed by atoms with van der Waals surface area (Å²) in [5.41, 5.74) is 0.794. The minimum absolute atomic E-state index is 0.117. The molecular weight excluding hydrogens is 398 g/mol. The Hall–Kier alpha value is -1.64. The van der Waals surface area contributed by atoms with Crippen LogP contribution in [0.2, 0.25) is 0 Å². The molecule has 0 saturated carbocycles. The lowest BCUT2D eigenvalue weighted by molar-refractivity contribution is -0.130. The van der Waals surface area contributed by atoms with Gasteiger partial charge in [-0.25, -0.2) is 4.98 Å². The molecule has 1 amide bonds. The number of carbonyl (C=O) groups is 1. The zero-order valence-corrected chi connectivity index (χ0v) is 17.7. The van der Waals surface area contributed by atoms with Crippen molar-refractivity contribution in [2.24, 2.45) is 11.8 Å². The summed E-state index contributed by atoms with van der Waals surface area (Å²) in [4.78, 5) is 36.3. The van der Waals surface area contributed by atoms with E-state index in [0.717, 1.165) is 28.4 Å². The van der Waals surface area contributed by atoms with Gasteiger partial charge in [-0.2, -0.15) is 0 Å². The maximum atomic E-state index is 12.6. The Morgan fingerprint density at radius 3 is 2.81 bits per heavy atom. The summed E-state index contributed by atoms with van der Waals surface area (Å²) in [5.74, 6) is 1.50. The van der Waals surface area contributed by atoms with E-state index in [2.05, 4.69) is 23.8 Å². The van der Waals surface area contributed by atoms with Crippen molar-refractivity contribution in [1.82, 2.24) is 14.9 Å². The highest BCUT2D eigenvalue weighted by molar-refractivity contribution is 7.99. The minimum atomic E-state index is -0.139. The SMILES string of the molecule is C[C@@H]1C[C@H](C)CN(C(=O)CSc2nc3scc(-c4cccs4)c3c(=O)[nH]2)C1. The summed E-state index contributed by atoms with van der Waals surface area (Å²) >= 11 is 4.39. The minimum Gasteiger partial charge on any atom is -0.341 e. The molecule has 0 aliphatic carbocycles. The Labute approximate surface area is 169 Å². The van der Waals surface area contributed by atoms with Gasteiger partial charge in [-0.1, -0.05) is 31.7 Å². The van der Waals surface area contributed by atoms with Crippen LogP contribution in [-0.4, -0.2) is 39.6 Å². The summed E-state index contributed by atoms with van der Waals surface area (Å²) in [7, 11) is 0. The molecule has 1 aliphatic heterocycles. The molecule has 0 unspecified atom stereocenters. The standard InChI is InChI=1S/C19H21N3O2S3/c1-11-6-12(2)8-22(7-11)15(23)10-27-19-20-17(24)16-13(9-26-18(16)21-19)14-4-3-5-25-14/h3-5,9,11-12H,6-8,10H2,1-2H3,(H,20,21,24)/t11-,12+. The lowest BCUT2D eigenvalue weighted by Crippen LogP contribution is -2.43. The molecule has 27 heavy (non-hydrogen) atoms. The normalized spacial score (nSPS) is 20.3. The van der Waals surface area contributed by atoms with E-state index >= 15 is 0 Å². The van der Waals surface area contributed by atoms with Crippen molar-refractivity contribution in [3.8, 4) is 10.4 Å². The number of fused-ring (bicyclic) bond motifs is 1. The molecule has 0 aromatic carbocycles. The predicted molar refractivity (Wildman–Crippen MR) is 114 cm³/mol. The van der Waals surface area contributed by atoms with Gasteiger partial charge in [0.25, 0.3) is 5.56 Å². The number of piperidine rings is 1. The molecule has 1 N–H and O–H groups in total. The highest BCUT2D eigenvalue weighted by Crippen LogP contribution is 2.34. The third-order valence-corrected chi connectivity index (χ3v) is 7.40. The van der Waals surface area contributed by atoms with Crippen LogP contribution in [-0.2, 0) is 4.79 Å². The number of likely N-dealkylation sites (tertiary alicyclic amines) is 1. The smallest absolute Gasteiger partial charge is 0.260 e. The first-order valence-electron chi connectivity index (χ1n) is 8.97. The Morgan fingerprint density at radius 2 is 2.11 bits per heavy atom. The average molecular weight is 420 g/mol. The number of aromatic nitrogens is 2. The van der Waals surface area contributed by atoms with Crippen LogP contribution < -0.4 is 5.56 Å². The maximum Gasteiger partial charge on any atom is 0.260 e. The first-order chi connectivity index (χ1) is 13.0. The highest BCUT2D eigenvalue weighted by Gasteiger charge is 2.25. The van der Waals surface area contributed by atoms with E-state index in [4.69, 9.17) is 0 Å². The van der Waals surface area contributed by atoms with E-state index in [1.54, 1.807) is 11.3 Å². The summed E-state index contributed by atoms with van der Waals surface area (Å²) in [6.45, 7) is 6.03. The van der Waals surface area contributed by atoms with Gasteiger partial charge in [0.05, 0.1) is 11.1 Å². The van der Waals surface area contributed by atoms with E-state index in [0.29, 0.717) is 28.1 Å². The molecule has 0 radical (unpaired) electrons. The number of nitrogens with zero attached hydrogens (tertiary/aromatic N) is 2. The third-order valence-electron chi connectivity index (χ3n) is 4.76. The number of hydrogen-bond acceptors (Lipinski definition) is 6. The number of H-pyrrole nitrogens is 1. The van der Waals surface area contributed by atoms with Crippen molar-refractivity contribution in [1.29, 1.82) is 0 Å². The van der Waals surface area contributed by atoms with Gasteiger partial charge in [0.2, 0.25) is 5.91 Å². The number of thioether (sulfide) groups is 1. The second kappa shape index (κ2) is 7.77. The molecule has 4 rings (SSSR count). The van der Waals surface area contributed by atoms with Gasteiger partial charge in [-0.3, -0.25) is 9.59 Å². The number of hydrogen-bond donors (Lipinski definition) is 1. The van der Waals surface area contributed by atoms with Crippen LogP contribution in [0, 0.1) is 11.8 Å². The molecule has 1 fully saturated rings. The summed E-state index contributed by atoms with van der Waals surface area (Å²) < 4.78 is 0. The maximum absolute atomic E-state index is 12.6. The van der Waals surface area contributed by atoms with Crippen molar-refractivity contribution in [2.45, 2.75) is 25.4 Å². The molecule has 5 nitrogen and oxygen atoms in total. The topological polar surface area (TPSA) is 66.1 Å². The first-order valence-corrected chi connectivity index (χ1v) is 11.7. The van der Waals surface area contributed by atoms with Crippen molar-refractivity contribution in [3.63, 3.8) is 0 Å². The predicted octanol–water partition coefficient (Wildman–Crippen LogP) is 4.31. The van der Waals surface area contributed by atoms with E-state index in [9.17, 15) is 9.59 Å². The third kappa shape index (κ3) is 3.97. The van der Waals surface area contributed by atoms with Crippen molar-refractivity contribution >= 4 is 50.6 Å². The van der Waals surface area contributed by atoms with Gasteiger partial charge in [-0.15, -0.1) is 22.7 Å². The largest absolute Gasteiger partial charge is 0.341 e. The summed E-state index contributed by atoms with van der Waals surface area (Å²) in [6.07, 6.45) is 1.17. The van der Waals surface area contributed by atoms with E-state index in [-0.39, 0.29) is 11.5 Å². The Bertz CT molecular complexity index is 999. The zero-order chi connectivity index (χ0) is 19.0. The second-order valence-electron chi connectivity index (χ2n) is 7.21.